The van der Waals surface area contributed by atoms with Crippen LogP contribution in [0.15, 0.2) is 18.3 Å². The summed E-state index contributed by atoms with van der Waals surface area (Å²) < 4.78 is 63.0. The van der Waals surface area contributed by atoms with E-state index in [1.54, 1.807) is 10.9 Å². The first-order chi connectivity index (χ1) is 10.1. The maximum atomic E-state index is 9.87. The minimum absolute atomic E-state index is 0. The zero-order valence-corrected chi connectivity index (χ0v) is 14.0. The van der Waals surface area contributed by atoms with Gasteiger partial charge in [-0.25, -0.2) is 4.98 Å². The Bertz CT molecular complexity index is 725. The van der Waals surface area contributed by atoms with Crippen molar-refractivity contribution in [3.8, 4) is 0 Å². The van der Waals surface area contributed by atoms with Gasteiger partial charge in [0.2, 0.25) is 5.65 Å². The molecule has 0 aliphatic heterocycles. The van der Waals surface area contributed by atoms with Crippen LogP contribution in [0.4, 0.5) is 25.2 Å². The number of rotatable bonds is 0. The Hall–Kier alpha value is -2.01. The molecule has 0 atom stereocenters. The van der Waals surface area contributed by atoms with Crippen LogP contribution in [0.3, 0.4) is 0 Å². The van der Waals surface area contributed by atoms with Gasteiger partial charge in [0, 0.05) is 11.4 Å². The molecule has 2 N–H and O–H groups in total. The monoisotopic (exact) mass is 382 g/mol. The molecule has 0 saturated heterocycles. The molecule has 140 valence electrons. The normalized spacial score (nSPS) is 13.8. The number of halogens is 6. The second kappa shape index (κ2) is 6.13. The van der Waals surface area contributed by atoms with Crippen LogP contribution in [0.5, 0.6) is 0 Å². The summed E-state index contributed by atoms with van der Waals surface area (Å²) in [6, 6.07) is 3.83. The molecule has 2 aromatic heterocycles. The van der Waals surface area contributed by atoms with Gasteiger partial charge in [-0.1, -0.05) is 9.78 Å². The van der Waals surface area contributed by atoms with E-state index in [0.29, 0.717) is 5.65 Å². The fourth-order valence-electron chi connectivity index (χ4n) is 1.69. The average molecular weight is 382 g/mol. The number of aromatic nitrogens is 4. The largest absolute Gasteiger partial charge is 0.412 e. The van der Waals surface area contributed by atoms with Crippen molar-refractivity contribution in [1.29, 1.82) is 0 Å². The maximum absolute atomic E-state index is 10.7. The molecule has 0 amide bonds. The summed E-state index contributed by atoms with van der Waals surface area (Å²) in [5.41, 5.74) is 1.56. The number of fused-ring (bicyclic) bond motifs is 1. The first-order valence-corrected chi connectivity index (χ1v) is 8.04. The first-order valence-electron chi connectivity index (χ1n) is 6.01. The SMILES string of the molecule is CN(C)C(n1nnc2ncccc21)=[N+](C)C.F[P-](F)(F)(F)(F)F.O. The third-order valence-electron chi connectivity index (χ3n) is 2.21. The van der Waals surface area contributed by atoms with Crippen LogP contribution in [0, 0.1) is 0 Å². The molecule has 0 bridgehead atoms. The summed E-state index contributed by atoms with van der Waals surface area (Å²) in [7, 11) is -2.77. The summed E-state index contributed by atoms with van der Waals surface area (Å²) in [6.07, 6.45) is 1.71. The predicted molar refractivity (Wildman–Crippen MR) is 78.7 cm³/mol. The van der Waals surface area contributed by atoms with Crippen molar-refractivity contribution in [1.82, 2.24) is 24.9 Å². The summed E-state index contributed by atoms with van der Waals surface area (Å²) in [6.45, 7) is 0. The molecule has 2 heterocycles. The van der Waals surface area contributed by atoms with Crippen LogP contribution in [-0.2, 0) is 0 Å². The van der Waals surface area contributed by atoms with E-state index in [-0.39, 0.29) is 5.48 Å². The summed E-state index contributed by atoms with van der Waals surface area (Å²) in [5.74, 6) is 0.940. The van der Waals surface area contributed by atoms with Crippen LogP contribution in [0.1, 0.15) is 0 Å². The van der Waals surface area contributed by atoms with E-state index in [2.05, 4.69) is 15.3 Å². The van der Waals surface area contributed by atoms with E-state index in [1.165, 1.54) is 0 Å². The van der Waals surface area contributed by atoms with Crippen LogP contribution in [0.2, 0.25) is 0 Å². The molecule has 2 aromatic rings. The molecule has 0 aliphatic carbocycles. The molecule has 2 rings (SSSR count). The van der Waals surface area contributed by atoms with Gasteiger partial charge in [0.05, 0.1) is 28.2 Å². The molecule has 0 fully saturated rings. The zero-order chi connectivity index (χ0) is 18.1. The fourth-order valence-corrected chi connectivity index (χ4v) is 1.69. The van der Waals surface area contributed by atoms with Gasteiger partial charge in [-0.15, -0.1) is 0 Å². The average Bonchev–Trinajstić information content (AvgIpc) is 2.68. The van der Waals surface area contributed by atoms with Crippen LogP contribution in [0.25, 0.3) is 11.2 Å². The Balaban J connectivity index is 0.000000570. The summed E-state index contributed by atoms with van der Waals surface area (Å²) in [4.78, 5) is 6.15. The van der Waals surface area contributed by atoms with E-state index >= 15 is 0 Å². The molecule has 0 radical (unpaired) electrons. The second-order valence-electron chi connectivity index (χ2n) is 4.89. The topological polar surface area (TPSA) is 81.3 Å². The number of pyridine rings is 1. The van der Waals surface area contributed by atoms with E-state index in [9.17, 15) is 25.2 Å². The van der Waals surface area contributed by atoms with Crippen LogP contribution < -0.4 is 0 Å². The van der Waals surface area contributed by atoms with E-state index in [4.69, 9.17) is 0 Å². The van der Waals surface area contributed by atoms with Crippen molar-refractivity contribution in [3.63, 3.8) is 0 Å². The van der Waals surface area contributed by atoms with Crippen molar-refractivity contribution in [2.24, 2.45) is 0 Å². The molecule has 7 nitrogen and oxygen atoms in total. The van der Waals surface area contributed by atoms with E-state index in [0.717, 1.165) is 11.5 Å². The molecule has 24 heavy (non-hydrogen) atoms. The quantitative estimate of drug-likeness (QED) is 0.230. The van der Waals surface area contributed by atoms with E-state index < -0.39 is 7.81 Å². The molecular formula is C10H17F6N6OP. The number of hydrogen-bond donors (Lipinski definition) is 0. The van der Waals surface area contributed by atoms with Gasteiger partial charge in [0.15, 0.2) is 5.52 Å². The Morgan fingerprint density at radius 1 is 1.12 bits per heavy atom. The molecule has 0 aliphatic rings. The number of hydrogen-bond acceptors (Lipinski definition) is 3. The predicted octanol–water partition coefficient (Wildman–Crippen LogP) is 2.42. The zero-order valence-electron chi connectivity index (χ0n) is 13.1. The van der Waals surface area contributed by atoms with Gasteiger partial charge >= 0.3 is 38.9 Å². The number of nitrogens with zero attached hydrogens (tertiary/aromatic N) is 6. The smallest absolute Gasteiger partial charge is 0.412 e. The van der Waals surface area contributed by atoms with Gasteiger partial charge in [0.25, 0.3) is 0 Å². The van der Waals surface area contributed by atoms with E-state index in [1.807, 2.05) is 49.8 Å². The minimum Gasteiger partial charge on any atom is -0.412 e. The van der Waals surface area contributed by atoms with Gasteiger partial charge in [0.1, 0.15) is 0 Å². The van der Waals surface area contributed by atoms with Gasteiger partial charge < -0.3 is 5.48 Å². The minimum atomic E-state index is -10.7. The summed E-state index contributed by atoms with van der Waals surface area (Å²) >= 11 is 0. The van der Waals surface area contributed by atoms with Crippen molar-refractivity contribution in [2.75, 3.05) is 28.2 Å². The Labute approximate surface area is 132 Å². The van der Waals surface area contributed by atoms with Crippen molar-refractivity contribution in [3.05, 3.63) is 18.3 Å². The first kappa shape index (κ1) is 22.0. The Morgan fingerprint density at radius 3 is 2.04 bits per heavy atom. The van der Waals surface area contributed by atoms with Gasteiger partial charge in [-0.05, 0) is 12.1 Å². The second-order valence-corrected chi connectivity index (χ2v) is 6.81. The van der Waals surface area contributed by atoms with Gasteiger partial charge in [-0.3, -0.25) is 9.48 Å². The molecule has 0 spiro atoms. The standard InChI is InChI=1S/C10H15N6.F6P.H2O/c1-14(2)10(15(3)4)16-8-6-5-7-11-9(8)12-13-16;1-7(2,3,4,5)6;/h5-7H,1-4H3;;1H2/q+1;-1;. The van der Waals surface area contributed by atoms with Crippen molar-refractivity contribution >= 4 is 24.9 Å². The Kier molecular flexibility index (Phi) is 5.62. The summed E-state index contributed by atoms with van der Waals surface area (Å²) in [5, 5.41) is 8.15. The fraction of sp³-hybridized carbons (Fsp3) is 0.400. The molecule has 14 heteroatoms. The maximum Gasteiger partial charge on any atom is -0.412 e. The van der Waals surface area contributed by atoms with Crippen LogP contribution in [-0.4, -0.2) is 69.1 Å². The van der Waals surface area contributed by atoms with Crippen molar-refractivity contribution in [2.45, 2.75) is 0 Å². The third-order valence-corrected chi connectivity index (χ3v) is 2.21. The Morgan fingerprint density at radius 2 is 1.62 bits per heavy atom. The molecule has 0 aromatic carbocycles. The molecule has 0 unspecified atom stereocenters. The van der Waals surface area contributed by atoms with Crippen LogP contribution >= 0.6 is 7.81 Å². The van der Waals surface area contributed by atoms with Gasteiger partial charge in [-0.2, -0.15) is 0 Å². The van der Waals surface area contributed by atoms with Crippen molar-refractivity contribution < 1.29 is 35.2 Å². The molecular weight excluding hydrogens is 365 g/mol. The molecule has 0 saturated carbocycles. The third kappa shape index (κ3) is 8.02.